The van der Waals surface area contributed by atoms with E-state index in [0.29, 0.717) is 18.0 Å². The second-order valence-corrected chi connectivity index (χ2v) is 5.85. The van der Waals surface area contributed by atoms with Crippen LogP contribution in [0.25, 0.3) is 0 Å². The number of hydrogen-bond acceptors (Lipinski definition) is 4. The van der Waals surface area contributed by atoms with Crippen molar-refractivity contribution in [1.82, 2.24) is 5.32 Å². The third-order valence-corrected chi connectivity index (χ3v) is 3.85. The van der Waals surface area contributed by atoms with Crippen LogP contribution in [0.5, 0.6) is 0 Å². The van der Waals surface area contributed by atoms with E-state index in [1.54, 1.807) is 24.3 Å². The van der Waals surface area contributed by atoms with E-state index >= 15 is 0 Å². The first-order chi connectivity index (χ1) is 11.5. The van der Waals surface area contributed by atoms with Gasteiger partial charge in [-0.2, -0.15) is 0 Å². The topological polar surface area (TPSA) is 105 Å². The monoisotopic (exact) mass is 334 g/mol. The molecule has 0 saturated carbocycles. The van der Waals surface area contributed by atoms with E-state index in [9.17, 15) is 14.4 Å². The first-order valence-electron chi connectivity index (χ1n) is 7.98. The summed E-state index contributed by atoms with van der Waals surface area (Å²) in [6.07, 6.45) is 2.42. The van der Waals surface area contributed by atoms with E-state index in [2.05, 4.69) is 10.6 Å². The predicted octanol–water partition coefficient (Wildman–Crippen LogP) is 1.19. The van der Waals surface area contributed by atoms with Gasteiger partial charge in [0.25, 0.3) is 0 Å². The number of carbonyl (C=O) groups is 3. The van der Waals surface area contributed by atoms with Crippen molar-refractivity contribution in [3.05, 3.63) is 29.8 Å². The van der Waals surface area contributed by atoms with Crippen LogP contribution in [0.1, 0.15) is 24.8 Å². The molecular formula is C17H22N2O5. The molecule has 0 atom stereocenters. The highest BCUT2D eigenvalue weighted by Crippen LogP contribution is 2.19. The number of carboxylic acid groups (broad SMARTS) is 1. The molecule has 0 aromatic heterocycles. The van der Waals surface area contributed by atoms with Crippen molar-refractivity contribution < 1.29 is 24.2 Å². The number of amides is 2. The smallest absolute Gasteiger partial charge is 0.322 e. The lowest BCUT2D eigenvalue weighted by atomic mass is 9.96. The molecule has 1 heterocycles. The summed E-state index contributed by atoms with van der Waals surface area (Å²) < 4.78 is 5.28. The second kappa shape index (κ2) is 9.02. The van der Waals surface area contributed by atoms with Gasteiger partial charge in [-0.1, -0.05) is 12.1 Å². The SMILES string of the molecule is O=C(O)CNC(=O)Cc1ccc(NC(=O)CC2CCOCC2)cc1. The maximum Gasteiger partial charge on any atom is 0.322 e. The summed E-state index contributed by atoms with van der Waals surface area (Å²) in [6.45, 7) is 1.05. The highest BCUT2D eigenvalue weighted by Gasteiger charge is 2.17. The van der Waals surface area contributed by atoms with Crippen LogP contribution in [0, 0.1) is 5.92 Å². The van der Waals surface area contributed by atoms with Crippen molar-refractivity contribution in [2.45, 2.75) is 25.7 Å². The zero-order valence-corrected chi connectivity index (χ0v) is 13.4. The standard InChI is InChI=1S/C17H22N2O5/c20-15(18-11-17(22)23)9-12-1-3-14(4-2-12)19-16(21)10-13-5-7-24-8-6-13/h1-4,13H,5-11H2,(H,18,20)(H,19,21)(H,22,23). The largest absolute Gasteiger partial charge is 0.480 e. The van der Waals surface area contributed by atoms with Gasteiger partial charge < -0.3 is 20.5 Å². The number of anilines is 1. The van der Waals surface area contributed by atoms with Gasteiger partial charge in [-0.05, 0) is 36.5 Å². The number of carbonyl (C=O) groups excluding carboxylic acids is 2. The lowest BCUT2D eigenvalue weighted by Gasteiger charge is -2.21. The quantitative estimate of drug-likeness (QED) is 0.694. The second-order valence-electron chi connectivity index (χ2n) is 5.85. The highest BCUT2D eigenvalue weighted by atomic mass is 16.5. The lowest BCUT2D eigenvalue weighted by Crippen LogP contribution is -2.30. The molecule has 2 amide bonds. The third-order valence-electron chi connectivity index (χ3n) is 3.85. The Morgan fingerprint density at radius 2 is 1.75 bits per heavy atom. The molecule has 1 saturated heterocycles. The fourth-order valence-electron chi connectivity index (χ4n) is 2.55. The average Bonchev–Trinajstić information content (AvgIpc) is 2.55. The molecule has 7 heteroatoms. The molecule has 1 aromatic carbocycles. The van der Waals surface area contributed by atoms with E-state index in [-0.39, 0.29) is 24.8 Å². The Balaban J connectivity index is 1.77. The van der Waals surface area contributed by atoms with Crippen LogP contribution in [-0.4, -0.2) is 42.6 Å². The maximum atomic E-state index is 12.0. The van der Waals surface area contributed by atoms with Gasteiger partial charge in [0.2, 0.25) is 11.8 Å². The Bertz CT molecular complexity index is 579. The lowest BCUT2D eigenvalue weighted by molar-refractivity contribution is -0.137. The number of aliphatic carboxylic acids is 1. The van der Waals surface area contributed by atoms with Gasteiger partial charge in [0, 0.05) is 25.3 Å². The number of ether oxygens (including phenoxy) is 1. The van der Waals surface area contributed by atoms with Crippen molar-refractivity contribution in [1.29, 1.82) is 0 Å². The van der Waals surface area contributed by atoms with E-state index in [4.69, 9.17) is 9.84 Å². The first kappa shape index (κ1) is 17.9. The van der Waals surface area contributed by atoms with Crippen molar-refractivity contribution in [2.24, 2.45) is 5.92 Å². The summed E-state index contributed by atoms with van der Waals surface area (Å²) >= 11 is 0. The number of nitrogens with one attached hydrogen (secondary N) is 2. The molecule has 1 fully saturated rings. The van der Waals surface area contributed by atoms with Gasteiger partial charge in [-0.15, -0.1) is 0 Å². The molecule has 0 aliphatic carbocycles. The van der Waals surface area contributed by atoms with E-state index in [1.165, 1.54) is 0 Å². The highest BCUT2D eigenvalue weighted by molar-refractivity contribution is 5.91. The van der Waals surface area contributed by atoms with Gasteiger partial charge in [0.1, 0.15) is 6.54 Å². The van der Waals surface area contributed by atoms with E-state index in [1.807, 2.05) is 0 Å². The van der Waals surface area contributed by atoms with Gasteiger partial charge in [0.15, 0.2) is 0 Å². The normalized spacial score (nSPS) is 14.8. The number of hydrogen-bond donors (Lipinski definition) is 3. The summed E-state index contributed by atoms with van der Waals surface area (Å²) in [5.74, 6) is -1.08. The Hall–Kier alpha value is -2.41. The molecule has 0 bridgehead atoms. The summed E-state index contributed by atoms with van der Waals surface area (Å²) in [5.41, 5.74) is 1.43. The fourth-order valence-corrected chi connectivity index (χ4v) is 2.55. The minimum Gasteiger partial charge on any atom is -0.480 e. The molecule has 2 rings (SSSR count). The van der Waals surface area contributed by atoms with Crippen LogP contribution in [-0.2, 0) is 25.5 Å². The average molecular weight is 334 g/mol. The van der Waals surface area contributed by atoms with Gasteiger partial charge >= 0.3 is 5.97 Å². The van der Waals surface area contributed by atoms with Crippen LogP contribution in [0.3, 0.4) is 0 Å². The summed E-state index contributed by atoms with van der Waals surface area (Å²) in [4.78, 5) is 34.0. The third kappa shape index (κ3) is 6.37. The maximum absolute atomic E-state index is 12.0. The summed E-state index contributed by atoms with van der Waals surface area (Å²) in [6, 6.07) is 6.96. The molecule has 0 radical (unpaired) electrons. The van der Waals surface area contributed by atoms with Gasteiger partial charge in [-0.3, -0.25) is 14.4 Å². The Morgan fingerprint density at radius 1 is 1.08 bits per heavy atom. The minimum absolute atomic E-state index is 0.0196. The molecule has 7 nitrogen and oxygen atoms in total. The van der Waals surface area contributed by atoms with Crippen molar-refractivity contribution in [3.8, 4) is 0 Å². The van der Waals surface area contributed by atoms with Gasteiger partial charge in [0.05, 0.1) is 6.42 Å². The molecule has 130 valence electrons. The summed E-state index contributed by atoms with van der Waals surface area (Å²) in [5, 5.41) is 13.7. The van der Waals surface area contributed by atoms with Crippen molar-refractivity contribution in [2.75, 3.05) is 25.1 Å². The molecule has 24 heavy (non-hydrogen) atoms. The molecule has 0 spiro atoms. The number of rotatable bonds is 7. The predicted molar refractivity (Wildman–Crippen MR) is 87.6 cm³/mol. The van der Waals surface area contributed by atoms with Crippen LogP contribution < -0.4 is 10.6 Å². The van der Waals surface area contributed by atoms with E-state index < -0.39 is 5.97 Å². The number of benzene rings is 1. The van der Waals surface area contributed by atoms with E-state index in [0.717, 1.165) is 31.6 Å². The molecule has 1 aliphatic rings. The molecular weight excluding hydrogens is 312 g/mol. The van der Waals surface area contributed by atoms with Crippen molar-refractivity contribution >= 4 is 23.5 Å². The molecule has 0 unspecified atom stereocenters. The summed E-state index contributed by atoms with van der Waals surface area (Å²) in [7, 11) is 0. The first-order valence-corrected chi connectivity index (χ1v) is 7.98. The molecule has 3 N–H and O–H groups in total. The van der Waals surface area contributed by atoms with Crippen LogP contribution >= 0.6 is 0 Å². The van der Waals surface area contributed by atoms with Gasteiger partial charge in [-0.25, -0.2) is 0 Å². The Morgan fingerprint density at radius 3 is 2.38 bits per heavy atom. The number of carboxylic acids is 1. The van der Waals surface area contributed by atoms with Crippen molar-refractivity contribution in [3.63, 3.8) is 0 Å². The zero-order chi connectivity index (χ0) is 17.4. The molecule has 1 aromatic rings. The minimum atomic E-state index is -1.08. The molecule has 1 aliphatic heterocycles. The van der Waals surface area contributed by atoms with Crippen LogP contribution in [0.4, 0.5) is 5.69 Å². The Labute approximate surface area is 140 Å². The fraction of sp³-hybridized carbons (Fsp3) is 0.471. The Kier molecular flexibility index (Phi) is 6.74. The van der Waals surface area contributed by atoms with Crippen LogP contribution in [0.2, 0.25) is 0 Å². The van der Waals surface area contributed by atoms with Crippen LogP contribution in [0.15, 0.2) is 24.3 Å². The zero-order valence-electron chi connectivity index (χ0n) is 13.4.